The molecule has 0 N–H and O–H groups in total. The van der Waals surface area contributed by atoms with Gasteiger partial charge in [-0.15, -0.1) is 0 Å². The van der Waals surface area contributed by atoms with Crippen molar-refractivity contribution in [2.75, 3.05) is 14.2 Å². The summed E-state index contributed by atoms with van der Waals surface area (Å²) in [5, 5.41) is 0. The van der Waals surface area contributed by atoms with Crippen molar-refractivity contribution >= 4 is 10.2 Å². The largest absolute Gasteiger partial charge is 0.358 e. The summed E-state index contributed by atoms with van der Waals surface area (Å²) >= 11 is 0. The zero-order valence-electron chi connectivity index (χ0n) is 9.14. The van der Waals surface area contributed by atoms with E-state index >= 15 is 0 Å². The third-order valence-corrected chi connectivity index (χ3v) is 4.47. The normalized spacial score (nSPS) is 20.8. The highest BCUT2D eigenvalue weighted by molar-refractivity contribution is 6.13. The molecule has 78 valence electrons. The molecule has 0 aliphatic heterocycles. The molecule has 1 aliphatic rings. The van der Waals surface area contributed by atoms with Gasteiger partial charge in [0.2, 0.25) is 0 Å². The Labute approximate surface area is 84.4 Å². The molecule has 1 aliphatic carbocycles. The van der Waals surface area contributed by atoms with Crippen molar-refractivity contribution in [3.63, 3.8) is 0 Å². The van der Waals surface area contributed by atoms with Gasteiger partial charge in [-0.05, 0) is 12.3 Å². The topological polar surface area (TPSA) is 18.5 Å². The highest BCUT2D eigenvalue weighted by Crippen LogP contribution is 2.30. The molecule has 13 heavy (non-hydrogen) atoms. The second kappa shape index (κ2) is 5.13. The lowest BCUT2D eigenvalue weighted by Crippen LogP contribution is -2.37. The van der Waals surface area contributed by atoms with E-state index in [0.717, 1.165) is 22.6 Å². The lowest BCUT2D eigenvalue weighted by atomic mass is 9.87. The van der Waals surface area contributed by atoms with E-state index in [4.69, 9.17) is 9.47 Å². The van der Waals surface area contributed by atoms with Crippen LogP contribution in [0, 0.1) is 5.92 Å². The predicted octanol–water partition coefficient (Wildman–Crippen LogP) is 1.27. The minimum atomic E-state index is -0.220. The molecule has 0 unspecified atom stereocenters. The Morgan fingerprint density at radius 2 is 1.69 bits per heavy atom. The Kier molecular flexibility index (Phi) is 4.42. The zero-order valence-corrected chi connectivity index (χ0v) is 11.1. The van der Waals surface area contributed by atoms with E-state index in [-0.39, 0.29) is 5.41 Å². The first-order chi connectivity index (χ1) is 6.20. The average Bonchev–Trinajstić information content (AvgIpc) is 2.19. The molecule has 0 saturated heterocycles. The van der Waals surface area contributed by atoms with Crippen LogP contribution in [0.2, 0.25) is 0 Å². The summed E-state index contributed by atoms with van der Waals surface area (Å²) in [6, 6.07) is 0. The molecule has 0 radical (unpaired) electrons. The molecule has 0 amide bonds. The second-order valence-electron chi connectivity index (χ2n) is 4.25. The van der Waals surface area contributed by atoms with Crippen molar-refractivity contribution in [2.24, 2.45) is 5.92 Å². The fraction of sp³-hybridized carbons (Fsp3) is 1.00. The highest BCUT2D eigenvalue weighted by atomic mass is 28.1. The van der Waals surface area contributed by atoms with Gasteiger partial charge in [0.15, 0.2) is 0 Å². The van der Waals surface area contributed by atoms with E-state index < -0.39 is 0 Å². The third-order valence-electron chi connectivity index (χ3n) is 3.25. The molecule has 1 fully saturated rings. The van der Waals surface area contributed by atoms with Crippen LogP contribution < -0.4 is 0 Å². The van der Waals surface area contributed by atoms with Gasteiger partial charge in [0.1, 0.15) is 5.41 Å². The van der Waals surface area contributed by atoms with Crippen LogP contribution in [-0.4, -0.2) is 29.9 Å². The minimum absolute atomic E-state index is 0.220. The molecule has 3 heteroatoms. The van der Waals surface area contributed by atoms with E-state index in [9.17, 15) is 0 Å². The first-order valence-corrected chi connectivity index (χ1v) is 6.30. The third kappa shape index (κ3) is 3.41. The summed E-state index contributed by atoms with van der Waals surface area (Å²) in [6.45, 7) is 0. The average molecular weight is 202 g/mol. The molecule has 1 saturated carbocycles. The highest BCUT2D eigenvalue weighted by Gasteiger charge is 2.27. The summed E-state index contributed by atoms with van der Waals surface area (Å²) in [5.41, 5.74) is -0.220. The van der Waals surface area contributed by atoms with E-state index in [1.54, 1.807) is 14.2 Å². The van der Waals surface area contributed by atoms with E-state index in [2.05, 4.69) is 0 Å². The standard InChI is InChI=1S/C10H22O2Si/c1-11-10(13,12-2)8-9-6-4-3-5-7-9/h9H,3-8H2,1-2,13H3. The van der Waals surface area contributed by atoms with Gasteiger partial charge in [0, 0.05) is 14.2 Å². The molecular weight excluding hydrogens is 180 g/mol. The van der Waals surface area contributed by atoms with Gasteiger partial charge in [0.25, 0.3) is 0 Å². The first-order valence-electron chi connectivity index (χ1n) is 5.30. The lowest BCUT2D eigenvalue weighted by Gasteiger charge is -2.32. The minimum Gasteiger partial charge on any atom is -0.358 e. The maximum absolute atomic E-state index is 5.43. The fourth-order valence-corrected chi connectivity index (χ4v) is 2.74. The SMILES string of the molecule is COC([SiH3])(CC1CCCCC1)OC. The maximum atomic E-state index is 5.43. The van der Waals surface area contributed by atoms with Crippen molar-refractivity contribution in [3.05, 3.63) is 0 Å². The van der Waals surface area contributed by atoms with E-state index in [0.29, 0.717) is 0 Å². The molecule has 1 rings (SSSR count). The van der Waals surface area contributed by atoms with Crippen LogP contribution in [0.15, 0.2) is 0 Å². The fourth-order valence-electron chi connectivity index (χ4n) is 2.17. The van der Waals surface area contributed by atoms with Crippen LogP contribution in [0.1, 0.15) is 38.5 Å². The molecule has 0 heterocycles. The molecule has 0 spiro atoms. The Bertz CT molecular complexity index is 140. The molecule has 0 aromatic carbocycles. The van der Waals surface area contributed by atoms with Gasteiger partial charge in [0.05, 0.1) is 10.2 Å². The summed E-state index contributed by atoms with van der Waals surface area (Å²) in [4.78, 5) is 0. The molecule has 0 aromatic heterocycles. The van der Waals surface area contributed by atoms with Gasteiger partial charge >= 0.3 is 0 Å². The van der Waals surface area contributed by atoms with Crippen molar-refractivity contribution in [3.8, 4) is 0 Å². The number of ether oxygens (including phenoxy) is 2. The van der Waals surface area contributed by atoms with Crippen molar-refractivity contribution < 1.29 is 9.47 Å². The molecule has 0 bridgehead atoms. The number of hydrogen-bond acceptors (Lipinski definition) is 2. The van der Waals surface area contributed by atoms with Gasteiger partial charge in [-0.3, -0.25) is 0 Å². The Hall–Kier alpha value is 0.137. The van der Waals surface area contributed by atoms with E-state index in [1.807, 2.05) is 0 Å². The summed E-state index contributed by atoms with van der Waals surface area (Å²) in [5.74, 6) is 0.839. The van der Waals surface area contributed by atoms with Crippen LogP contribution in [0.4, 0.5) is 0 Å². The molecule has 0 atom stereocenters. The molecular formula is C10H22O2Si. The quantitative estimate of drug-likeness (QED) is 0.505. The number of hydrogen-bond donors (Lipinski definition) is 0. The Morgan fingerprint density at radius 3 is 2.15 bits per heavy atom. The summed E-state index contributed by atoms with van der Waals surface area (Å²) in [6.07, 6.45) is 8.07. The molecule has 2 nitrogen and oxygen atoms in total. The zero-order chi connectivity index (χ0) is 9.73. The van der Waals surface area contributed by atoms with Crippen molar-refractivity contribution in [1.29, 1.82) is 0 Å². The van der Waals surface area contributed by atoms with Crippen LogP contribution >= 0.6 is 0 Å². The maximum Gasteiger partial charge on any atom is 0.141 e. The van der Waals surface area contributed by atoms with Gasteiger partial charge < -0.3 is 9.47 Å². The van der Waals surface area contributed by atoms with Crippen LogP contribution in [-0.2, 0) is 9.47 Å². The number of methoxy groups -OCH3 is 2. The van der Waals surface area contributed by atoms with Crippen molar-refractivity contribution in [1.82, 2.24) is 0 Å². The predicted molar refractivity (Wildman–Crippen MR) is 57.9 cm³/mol. The van der Waals surface area contributed by atoms with Gasteiger partial charge in [-0.25, -0.2) is 0 Å². The summed E-state index contributed by atoms with van der Waals surface area (Å²) < 4.78 is 10.9. The van der Waals surface area contributed by atoms with E-state index in [1.165, 1.54) is 32.1 Å². The van der Waals surface area contributed by atoms with Crippen LogP contribution in [0.3, 0.4) is 0 Å². The first kappa shape index (κ1) is 11.2. The Morgan fingerprint density at radius 1 is 1.15 bits per heavy atom. The molecule has 0 aromatic rings. The lowest BCUT2D eigenvalue weighted by molar-refractivity contribution is -0.154. The monoisotopic (exact) mass is 202 g/mol. The van der Waals surface area contributed by atoms with Crippen LogP contribution in [0.25, 0.3) is 0 Å². The van der Waals surface area contributed by atoms with Gasteiger partial charge in [-0.1, -0.05) is 32.1 Å². The van der Waals surface area contributed by atoms with Crippen molar-refractivity contribution in [2.45, 2.75) is 43.9 Å². The second-order valence-corrected chi connectivity index (χ2v) is 5.77. The smallest absolute Gasteiger partial charge is 0.141 e. The summed E-state index contributed by atoms with van der Waals surface area (Å²) in [7, 11) is 4.49. The van der Waals surface area contributed by atoms with Gasteiger partial charge in [-0.2, -0.15) is 0 Å². The Balaban J connectivity index is 2.35. The number of rotatable bonds is 4. The van der Waals surface area contributed by atoms with Crippen LogP contribution in [0.5, 0.6) is 0 Å².